The van der Waals surface area contributed by atoms with Gasteiger partial charge >= 0.3 is 12.5 Å². The van der Waals surface area contributed by atoms with Crippen molar-refractivity contribution in [1.82, 2.24) is 4.98 Å². The smallest absolute Gasteiger partial charge is 0.402 e. The molecule has 0 saturated carbocycles. The minimum Gasteiger partial charge on any atom is -0.402 e. The first-order valence-corrected chi connectivity index (χ1v) is 8.06. The standard InChI is InChI=1S/C8H3BrClF6NO3S/c9-2-3-1-4(7(11,12)13)5(20-8(14,15)16)6(17-3)21(10,18)19/h1H,2H2. The van der Waals surface area contributed by atoms with E-state index in [1.807, 2.05) is 0 Å². The Hall–Kier alpha value is -0.750. The Morgan fingerprint density at radius 2 is 1.76 bits per heavy atom. The number of nitrogens with zero attached hydrogens (tertiary/aromatic N) is 1. The van der Waals surface area contributed by atoms with Crippen LogP contribution in [0.25, 0.3) is 0 Å². The second-order valence-electron chi connectivity index (χ2n) is 3.41. The van der Waals surface area contributed by atoms with Gasteiger partial charge < -0.3 is 4.74 Å². The van der Waals surface area contributed by atoms with Crippen LogP contribution in [0, 0.1) is 0 Å². The number of aromatic nitrogens is 1. The van der Waals surface area contributed by atoms with Crippen molar-refractivity contribution >= 4 is 35.7 Å². The Kier molecular flexibility index (Phi) is 5.05. The van der Waals surface area contributed by atoms with Gasteiger partial charge in [-0.15, -0.1) is 13.2 Å². The molecule has 21 heavy (non-hydrogen) atoms. The molecular formula is C8H3BrClF6NO3S. The lowest BCUT2D eigenvalue weighted by Gasteiger charge is -2.17. The molecule has 1 aromatic heterocycles. The number of alkyl halides is 7. The third kappa shape index (κ3) is 4.88. The van der Waals surface area contributed by atoms with Gasteiger partial charge in [0.25, 0.3) is 9.05 Å². The number of hydrogen-bond donors (Lipinski definition) is 0. The summed E-state index contributed by atoms with van der Waals surface area (Å²) in [6.07, 6.45) is -10.9. The molecule has 0 spiro atoms. The van der Waals surface area contributed by atoms with E-state index in [4.69, 9.17) is 10.7 Å². The molecule has 0 aliphatic heterocycles. The predicted molar refractivity (Wildman–Crippen MR) is 61.6 cm³/mol. The molecule has 1 heterocycles. The maximum absolute atomic E-state index is 12.8. The van der Waals surface area contributed by atoms with E-state index in [1.165, 1.54) is 0 Å². The van der Waals surface area contributed by atoms with Crippen molar-refractivity contribution in [1.29, 1.82) is 0 Å². The SMILES string of the molecule is O=S(=O)(Cl)c1nc(CBr)cc(C(F)(F)F)c1OC(F)(F)F. The minimum absolute atomic E-state index is 0.224. The Labute approximate surface area is 126 Å². The highest BCUT2D eigenvalue weighted by Crippen LogP contribution is 2.42. The van der Waals surface area contributed by atoms with E-state index in [-0.39, 0.29) is 11.4 Å². The zero-order chi connectivity index (χ0) is 16.6. The maximum Gasteiger partial charge on any atom is 0.573 e. The van der Waals surface area contributed by atoms with Crippen LogP contribution in [0.5, 0.6) is 5.75 Å². The lowest BCUT2D eigenvalue weighted by Crippen LogP contribution is -2.22. The summed E-state index contributed by atoms with van der Waals surface area (Å²) in [4.78, 5) is 3.13. The molecule has 1 rings (SSSR count). The second kappa shape index (κ2) is 5.80. The largest absolute Gasteiger partial charge is 0.573 e. The monoisotopic (exact) mass is 421 g/mol. The van der Waals surface area contributed by atoms with Crippen molar-refractivity contribution in [2.24, 2.45) is 0 Å². The summed E-state index contributed by atoms with van der Waals surface area (Å²) in [5.41, 5.74) is -2.44. The van der Waals surface area contributed by atoms with Crippen LogP contribution >= 0.6 is 26.6 Å². The van der Waals surface area contributed by atoms with Gasteiger partial charge in [0.2, 0.25) is 5.03 Å². The average Bonchev–Trinajstić information content (AvgIpc) is 2.23. The first-order chi connectivity index (χ1) is 9.25. The molecule has 0 bridgehead atoms. The Morgan fingerprint density at radius 3 is 2.10 bits per heavy atom. The maximum atomic E-state index is 12.8. The fourth-order valence-electron chi connectivity index (χ4n) is 1.22. The lowest BCUT2D eigenvalue weighted by atomic mass is 10.2. The highest BCUT2D eigenvalue weighted by Gasteiger charge is 2.43. The Bertz CT molecular complexity index is 645. The minimum atomic E-state index is -5.56. The van der Waals surface area contributed by atoms with Crippen molar-refractivity contribution in [2.75, 3.05) is 0 Å². The van der Waals surface area contributed by atoms with Gasteiger partial charge in [-0.2, -0.15) is 13.2 Å². The van der Waals surface area contributed by atoms with Gasteiger partial charge in [0, 0.05) is 16.0 Å². The molecule has 0 atom stereocenters. The number of rotatable bonds is 3. The third-order valence-electron chi connectivity index (χ3n) is 1.89. The molecule has 0 fully saturated rings. The van der Waals surface area contributed by atoms with Crippen LogP contribution in [0.3, 0.4) is 0 Å². The van der Waals surface area contributed by atoms with Gasteiger partial charge in [-0.25, -0.2) is 13.4 Å². The normalized spacial score (nSPS) is 13.3. The molecule has 1 aromatic rings. The quantitative estimate of drug-likeness (QED) is 0.422. The van der Waals surface area contributed by atoms with Crippen molar-refractivity contribution < 1.29 is 39.5 Å². The summed E-state index contributed by atoms with van der Waals surface area (Å²) < 4.78 is 100. The molecule has 120 valence electrons. The van der Waals surface area contributed by atoms with E-state index in [0.29, 0.717) is 0 Å². The van der Waals surface area contributed by atoms with Crippen LogP contribution in [-0.2, 0) is 20.6 Å². The number of halogens is 8. The van der Waals surface area contributed by atoms with E-state index in [9.17, 15) is 34.8 Å². The molecule has 0 amide bonds. The predicted octanol–water partition coefficient (Wildman–Crippen LogP) is 3.82. The molecule has 4 nitrogen and oxygen atoms in total. The van der Waals surface area contributed by atoms with Crippen molar-refractivity contribution in [2.45, 2.75) is 22.9 Å². The van der Waals surface area contributed by atoms with Crippen molar-refractivity contribution in [3.8, 4) is 5.75 Å². The topological polar surface area (TPSA) is 56.3 Å². The molecule has 0 aromatic carbocycles. The molecule has 0 aliphatic rings. The van der Waals surface area contributed by atoms with Gasteiger partial charge in [-0.05, 0) is 6.07 Å². The summed E-state index contributed by atoms with van der Waals surface area (Å²) in [5, 5.41) is -2.01. The summed E-state index contributed by atoms with van der Waals surface area (Å²) in [5.74, 6) is -2.02. The first kappa shape index (κ1) is 18.3. The Balaban J connectivity index is 3.76. The van der Waals surface area contributed by atoms with E-state index in [0.717, 1.165) is 0 Å². The molecule has 0 unspecified atom stereocenters. The summed E-state index contributed by atoms with van der Waals surface area (Å²) in [6, 6.07) is 0.224. The van der Waals surface area contributed by atoms with Gasteiger partial charge in [0.1, 0.15) is 5.56 Å². The zero-order valence-corrected chi connectivity index (χ0v) is 12.5. The average molecular weight is 423 g/mol. The summed E-state index contributed by atoms with van der Waals surface area (Å²) >= 11 is 2.71. The molecule has 0 saturated heterocycles. The highest BCUT2D eigenvalue weighted by molar-refractivity contribution is 9.08. The fourth-order valence-corrected chi connectivity index (χ4v) is 2.42. The van der Waals surface area contributed by atoms with E-state index in [1.54, 1.807) is 0 Å². The fraction of sp³-hybridized carbons (Fsp3) is 0.375. The van der Waals surface area contributed by atoms with E-state index in [2.05, 4.69) is 25.7 Å². The van der Waals surface area contributed by atoms with Gasteiger partial charge in [-0.3, -0.25) is 0 Å². The van der Waals surface area contributed by atoms with Crippen LogP contribution in [0.1, 0.15) is 11.3 Å². The third-order valence-corrected chi connectivity index (χ3v) is 3.64. The molecule has 0 radical (unpaired) electrons. The summed E-state index contributed by atoms with van der Waals surface area (Å²) in [6.45, 7) is 0. The van der Waals surface area contributed by atoms with E-state index < -0.39 is 43.6 Å². The number of ether oxygens (including phenoxy) is 1. The molecule has 0 N–H and O–H groups in total. The van der Waals surface area contributed by atoms with E-state index >= 15 is 0 Å². The van der Waals surface area contributed by atoms with Crippen LogP contribution in [0.2, 0.25) is 0 Å². The summed E-state index contributed by atoms with van der Waals surface area (Å²) in [7, 11) is -0.183. The molecule has 13 heteroatoms. The Morgan fingerprint density at radius 1 is 1.24 bits per heavy atom. The second-order valence-corrected chi connectivity index (χ2v) is 6.45. The first-order valence-electron chi connectivity index (χ1n) is 4.63. The van der Waals surface area contributed by atoms with Gasteiger partial charge in [0.05, 0.1) is 5.69 Å². The number of pyridine rings is 1. The van der Waals surface area contributed by atoms with Crippen LogP contribution in [0.15, 0.2) is 11.1 Å². The van der Waals surface area contributed by atoms with Crippen molar-refractivity contribution in [3.63, 3.8) is 0 Å². The number of hydrogen-bond acceptors (Lipinski definition) is 4. The van der Waals surface area contributed by atoms with Crippen molar-refractivity contribution in [3.05, 3.63) is 17.3 Å². The molecule has 0 aliphatic carbocycles. The van der Waals surface area contributed by atoms with Crippen LogP contribution in [-0.4, -0.2) is 19.8 Å². The van der Waals surface area contributed by atoms with Gasteiger partial charge in [0.15, 0.2) is 5.75 Å². The molecular weight excluding hydrogens is 420 g/mol. The zero-order valence-electron chi connectivity index (χ0n) is 9.39. The van der Waals surface area contributed by atoms with Crippen LogP contribution < -0.4 is 4.74 Å². The lowest BCUT2D eigenvalue weighted by molar-refractivity contribution is -0.277. The highest BCUT2D eigenvalue weighted by atomic mass is 79.9. The van der Waals surface area contributed by atoms with Crippen LogP contribution in [0.4, 0.5) is 26.3 Å². The van der Waals surface area contributed by atoms with Gasteiger partial charge in [-0.1, -0.05) is 15.9 Å².